The summed E-state index contributed by atoms with van der Waals surface area (Å²) in [6.45, 7) is 7.44. The van der Waals surface area contributed by atoms with Gasteiger partial charge in [-0.3, -0.25) is 4.79 Å². The molecule has 1 N–H and O–H groups in total. The van der Waals surface area contributed by atoms with Gasteiger partial charge in [-0.15, -0.1) is 0 Å². The summed E-state index contributed by atoms with van der Waals surface area (Å²) in [5.74, 6) is 1.67. The molecule has 0 bridgehead atoms. The van der Waals surface area contributed by atoms with Crippen molar-refractivity contribution in [2.45, 2.75) is 45.6 Å². The van der Waals surface area contributed by atoms with Crippen molar-refractivity contribution in [2.75, 3.05) is 19.6 Å². The maximum atomic E-state index is 12.3. The van der Waals surface area contributed by atoms with Gasteiger partial charge in [-0.25, -0.2) is 0 Å². The summed E-state index contributed by atoms with van der Waals surface area (Å²) in [6, 6.07) is 0.103. The van der Waals surface area contributed by atoms with Crippen LogP contribution in [0.15, 0.2) is 0 Å². The average Bonchev–Trinajstić information content (AvgIpc) is 2.28. The minimum Gasteiger partial charge on any atom is -0.341 e. The Kier molecular flexibility index (Phi) is 3.85. The number of rotatable bonds is 1. The zero-order valence-electron chi connectivity index (χ0n) is 10.5. The molecule has 2 rings (SSSR count). The van der Waals surface area contributed by atoms with Crippen LogP contribution in [0.25, 0.3) is 0 Å². The molecule has 2 saturated heterocycles. The monoisotopic (exact) mass is 224 g/mol. The lowest BCUT2D eigenvalue weighted by atomic mass is 9.91. The molecule has 2 heterocycles. The topological polar surface area (TPSA) is 32.3 Å². The third-order valence-corrected chi connectivity index (χ3v) is 3.79. The zero-order chi connectivity index (χ0) is 11.5. The highest BCUT2D eigenvalue weighted by atomic mass is 16.2. The van der Waals surface area contributed by atoms with E-state index in [0.29, 0.717) is 17.7 Å². The van der Waals surface area contributed by atoms with Crippen molar-refractivity contribution in [3.63, 3.8) is 0 Å². The van der Waals surface area contributed by atoms with Crippen molar-refractivity contribution in [2.24, 2.45) is 11.8 Å². The van der Waals surface area contributed by atoms with E-state index in [1.165, 1.54) is 19.3 Å². The van der Waals surface area contributed by atoms with Crippen LogP contribution in [0.2, 0.25) is 0 Å². The number of nitrogens with one attached hydrogen (secondary N) is 1. The van der Waals surface area contributed by atoms with E-state index in [9.17, 15) is 4.79 Å². The van der Waals surface area contributed by atoms with Crippen LogP contribution in [-0.4, -0.2) is 36.5 Å². The molecular weight excluding hydrogens is 200 g/mol. The fourth-order valence-electron chi connectivity index (χ4n) is 3.13. The predicted octanol–water partition coefficient (Wildman–Crippen LogP) is 1.63. The Bertz CT molecular complexity index is 238. The quantitative estimate of drug-likeness (QED) is 0.734. The largest absolute Gasteiger partial charge is 0.341 e. The molecule has 0 aromatic carbocycles. The van der Waals surface area contributed by atoms with E-state index in [2.05, 4.69) is 24.1 Å². The molecule has 2 aliphatic rings. The Morgan fingerprint density at radius 2 is 1.88 bits per heavy atom. The lowest BCUT2D eigenvalue weighted by Gasteiger charge is -2.37. The van der Waals surface area contributed by atoms with Gasteiger partial charge in [-0.05, 0) is 37.6 Å². The third kappa shape index (κ3) is 2.76. The second-order valence-corrected chi connectivity index (χ2v) is 5.69. The third-order valence-electron chi connectivity index (χ3n) is 3.79. The van der Waals surface area contributed by atoms with Gasteiger partial charge in [0.05, 0.1) is 6.04 Å². The Hall–Kier alpha value is -0.570. The van der Waals surface area contributed by atoms with E-state index >= 15 is 0 Å². The van der Waals surface area contributed by atoms with Crippen LogP contribution in [0.4, 0.5) is 0 Å². The highest BCUT2D eigenvalue weighted by Gasteiger charge is 2.30. The Morgan fingerprint density at radius 1 is 1.19 bits per heavy atom. The summed E-state index contributed by atoms with van der Waals surface area (Å²) in [4.78, 5) is 14.4. The zero-order valence-corrected chi connectivity index (χ0v) is 10.5. The van der Waals surface area contributed by atoms with Crippen LogP contribution in [0.1, 0.15) is 39.5 Å². The number of amides is 1. The van der Waals surface area contributed by atoms with Crippen LogP contribution in [0.5, 0.6) is 0 Å². The molecule has 3 unspecified atom stereocenters. The van der Waals surface area contributed by atoms with E-state index in [1.54, 1.807) is 0 Å². The molecule has 16 heavy (non-hydrogen) atoms. The number of carbonyl (C=O) groups excluding carboxylic acids is 1. The van der Waals surface area contributed by atoms with Crippen molar-refractivity contribution >= 4 is 5.91 Å². The Labute approximate surface area is 98.6 Å². The van der Waals surface area contributed by atoms with Gasteiger partial charge in [0.25, 0.3) is 0 Å². The second-order valence-electron chi connectivity index (χ2n) is 5.69. The van der Waals surface area contributed by atoms with E-state index in [4.69, 9.17) is 0 Å². The van der Waals surface area contributed by atoms with Crippen LogP contribution >= 0.6 is 0 Å². The van der Waals surface area contributed by atoms with Gasteiger partial charge in [-0.2, -0.15) is 0 Å². The van der Waals surface area contributed by atoms with Crippen molar-refractivity contribution in [1.82, 2.24) is 10.2 Å². The van der Waals surface area contributed by atoms with Gasteiger partial charge in [0.2, 0.25) is 5.91 Å². The SMILES string of the molecule is CC1CC(C)CN(C(=O)C2CCCCN2)C1. The number of nitrogens with zero attached hydrogens (tertiary/aromatic N) is 1. The molecule has 92 valence electrons. The van der Waals surface area contributed by atoms with Crippen molar-refractivity contribution in [3.05, 3.63) is 0 Å². The van der Waals surface area contributed by atoms with Crippen LogP contribution in [0.3, 0.4) is 0 Å². The summed E-state index contributed by atoms with van der Waals surface area (Å²) in [7, 11) is 0. The molecule has 1 amide bonds. The molecule has 2 aliphatic heterocycles. The van der Waals surface area contributed by atoms with Crippen LogP contribution in [0, 0.1) is 11.8 Å². The lowest BCUT2D eigenvalue weighted by molar-refractivity contribution is -0.136. The molecular formula is C13H24N2O. The van der Waals surface area contributed by atoms with Crippen molar-refractivity contribution in [1.29, 1.82) is 0 Å². The molecule has 0 aromatic rings. The first-order valence-electron chi connectivity index (χ1n) is 6.69. The second kappa shape index (κ2) is 5.17. The molecule has 3 heteroatoms. The first-order valence-corrected chi connectivity index (χ1v) is 6.69. The van der Waals surface area contributed by atoms with E-state index < -0.39 is 0 Å². The highest BCUT2D eigenvalue weighted by Crippen LogP contribution is 2.22. The first kappa shape index (κ1) is 11.9. The van der Waals surface area contributed by atoms with Gasteiger partial charge in [-0.1, -0.05) is 20.3 Å². The molecule has 0 spiro atoms. The molecule has 0 aliphatic carbocycles. The molecule has 0 radical (unpaired) electrons. The fraction of sp³-hybridized carbons (Fsp3) is 0.923. The van der Waals surface area contributed by atoms with Gasteiger partial charge >= 0.3 is 0 Å². The predicted molar refractivity (Wildman–Crippen MR) is 65.2 cm³/mol. The molecule has 0 saturated carbocycles. The van der Waals surface area contributed by atoms with E-state index in [0.717, 1.165) is 26.1 Å². The number of piperidine rings is 2. The normalized spacial score (nSPS) is 36.1. The van der Waals surface area contributed by atoms with Crippen molar-refractivity contribution < 1.29 is 4.79 Å². The van der Waals surface area contributed by atoms with Crippen molar-refractivity contribution in [3.8, 4) is 0 Å². The number of likely N-dealkylation sites (tertiary alicyclic amines) is 1. The van der Waals surface area contributed by atoms with E-state index in [1.807, 2.05) is 0 Å². The molecule has 3 nitrogen and oxygen atoms in total. The Balaban J connectivity index is 1.92. The van der Waals surface area contributed by atoms with Gasteiger partial charge < -0.3 is 10.2 Å². The molecule has 3 atom stereocenters. The summed E-state index contributed by atoms with van der Waals surface area (Å²) in [6.07, 6.45) is 4.71. The van der Waals surface area contributed by atoms with Gasteiger partial charge in [0.15, 0.2) is 0 Å². The summed E-state index contributed by atoms with van der Waals surface area (Å²) >= 11 is 0. The minimum atomic E-state index is 0.103. The number of carbonyl (C=O) groups is 1. The first-order chi connectivity index (χ1) is 7.66. The standard InChI is InChI=1S/C13H24N2O/c1-10-7-11(2)9-15(8-10)13(16)12-5-3-4-6-14-12/h10-12,14H,3-9H2,1-2H3. The Morgan fingerprint density at radius 3 is 2.44 bits per heavy atom. The number of hydrogen-bond acceptors (Lipinski definition) is 2. The molecule has 2 fully saturated rings. The summed E-state index contributed by atoms with van der Waals surface area (Å²) < 4.78 is 0. The van der Waals surface area contributed by atoms with Gasteiger partial charge in [0.1, 0.15) is 0 Å². The maximum Gasteiger partial charge on any atom is 0.239 e. The number of hydrogen-bond donors (Lipinski definition) is 1. The van der Waals surface area contributed by atoms with Crippen LogP contribution < -0.4 is 5.32 Å². The smallest absolute Gasteiger partial charge is 0.239 e. The summed E-state index contributed by atoms with van der Waals surface area (Å²) in [5, 5.41) is 3.35. The lowest BCUT2D eigenvalue weighted by Crippen LogP contribution is -2.52. The maximum absolute atomic E-state index is 12.3. The average molecular weight is 224 g/mol. The van der Waals surface area contributed by atoms with Crippen LogP contribution in [-0.2, 0) is 4.79 Å². The summed E-state index contributed by atoms with van der Waals surface area (Å²) in [5.41, 5.74) is 0. The van der Waals surface area contributed by atoms with E-state index in [-0.39, 0.29) is 6.04 Å². The molecule has 0 aromatic heterocycles. The minimum absolute atomic E-state index is 0.103. The highest BCUT2D eigenvalue weighted by molar-refractivity contribution is 5.82. The van der Waals surface area contributed by atoms with Gasteiger partial charge in [0, 0.05) is 13.1 Å². The fourth-order valence-corrected chi connectivity index (χ4v) is 3.13.